The van der Waals surface area contributed by atoms with E-state index in [-0.39, 0.29) is 0 Å². The van der Waals surface area contributed by atoms with Gasteiger partial charge in [-0.15, -0.1) is 0 Å². The van der Waals surface area contributed by atoms with Crippen LogP contribution in [0.5, 0.6) is 0 Å². The Morgan fingerprint density at radius 2 is 1.71 bits per heavy atom. The second kappa shape index (κ2) is 9.35. The molecule has 3 aromatic rings. The van der Waals surface area contributed by atoms with E-state index in [9.17, 15) is 19.2 Å². The highest BCUT2D eigenvalue weighted by Crippen LogP contribution is 2.31. The highest BCUT2D eigenvalue weighted by atomic mass is 16.5. The normalized spacial score (nSPS) is 17.5. The summed E-state index contributed by atoms with van der Waals surface area (Å²) in [5.74, 6) is -1.48. The summed E-state index contributed by atoms with van der Waals surface area (Å²) in [6.45, 7) is 3.43. The number of benzene rings is 3. The topological polar surface area (TPSA) is 105 Å². The number of ether oxygens (including phenoxy) is 1. The number of rotatable bonds is 7. The fourth-order valence-corrected chi connectivity index (χ4v) is 3.85. The fraction of sp³-hybridized carbons (Fsp3) is 0.231. The van der Waals surface area contributed by atoms with Crippen LogP contribution in [-0.2, 0) is 19.9 Å². The number of urea groups is 1. The number of nitrogens with zero attached hydrogens (tertiary/aromatic N) is 1. The van der Waals surface area contributed by atoms with E-state index in [1.807, 2.05) is 43.3 Å². The molecule has 1 aliphatic heterocycles. The molecular formula is C26H25N3O5. The molecule has 0 spiro atoms. The molecule has 34 heavy (non-hydrogen) atoms. The Labute approximate surface area is 196 Å². The van der Waals surface area contributed by atoms with Crippen molar-refractivity contribution in [1.82, 2.24) is 10.2 Å². The third kappa shape index (κ3) is 4.47. The number of esters is 1. The molecule has 1 atom stereocenters. The van der Waals surface area contributed by atoms with Crippen LogP contribution in [0, 0.1) is 0 Å². The predicted molar refractivity (Wildman–Crippen MR) is 127 cm³/mol. The number of nitrogens with one attached hydrogen (secondary N) is 2. The molecule has 1 saturated heterocycles. The van der Waals surface area contributed by atoms with Crippen LogP contribution in [0.4, 0.5) is 10.5 Å². The first-order chi connectivity index (χ1) is 16.3. The summed E-state index contributed by atoms with van der Waals surface area (Å²) in [7, 11) is 0. The lowest BCUT2D eigenvalue weighted by atomic mass is 9.90. The standard InChI is InChI=1S/C26H25N3O5/c1-3-14-34-23(31)18-9-12-21(13-10-18)27-22(30)16-29-24(32)26(2,28-25(29)33)20-11-8-17-6-4-5-7-19(17)15-20/h4-13,15H,3,14,16H2,1-2H3,(H,27,30)(H,28,33). The number of hydrogen-bond donors (Lipinski definition) is 2. The zero-order chi connectivity index (χ0) is 24.3. The summed E-state index contributed by atoms with van der Waals surface area (Å²) >= 11 is 0. The van der Waals surface area contributed by atoms with Crippen molar-refractivity contribution >= 4 is 40.3 Å². The van der Waals surface area contributed by atoms with Gasteiger partial charge >= 0.3 is 12.0 Å². The molecule has 0 radical (unpaired) electrons. The average Bonchev–Trinajstić information content (AvgIpc) is 3.06. The molecule has 1 aliphatic rings. The summed E-state index contributed by atoms with van der Waals surface area (Å²) in [4.78, 5) is 51.1. The van der Waals surface area contributed by atoms with E-state index in [0.717, 1.165) is 22.1 Å². The maximum atomic E-state index is 13.2. The van der Waals surface area contributed by atoms with Crippen molar-refractivity contribution in [2.45, 2.75) is 25.8 Å². The summed E-state index contributed by atoms with van der Waals surface area (Å²) in [5, 5.41) is 7.34. The lowest BCUT2D eigenvalue weighted by molar-refractivity contribution is -0.133. The van der Waals surface area contributed by atoms with Gasteiger partial charge in [0.05, 0.1) is 12.2 Å². The molecule has 174 valence electrons. The van der Waals surface area contributed by atoms with Gasteiger partial charge in [0.15, 0.2) is 0 Å². The molecule has 0 aromatic heterocycles. The summed E-state index contributed by atoms with van der Waals surface area (Å²) in [5.41, 5.74) is 0.160. The first kappa shape index (κ1) is 23.0. The minimum Gasteiger partial charge on any atom is -0.462 e. The highest BCUT2D eigenvalue weighted by molar-refractivity contribution is 6.10. The van der Waals surface area contributed by atoms with Gasteiger partial charge in [-0.25, -0.2) is 9.59 Å². The Kier molecular flexibility index (Phi) is 6.32. The van der Waals surface area contributed by atoms with Crippen molar-refractivity contribution < 1.29 is 23.9 Å². The maximum Gasteiger partial charge on any atom is 0.338 e. The van der Waals surface area contributed by atoms with Crippen LogP contribution in [-0.4, -0.2) is 41.9 Å². The largest absolute Gasteiger partial charge is 0.462 e. The van der Waals surface area contributed by atoms with Gasteiger partial charge in [0, 0.05) is 5.69 Å². The van der Waals surface area contributed by atoms with Crippen molar-refractivity contribution in [1.29, 1.82) is 0 Å². The monoisotopic (exact) mass is 459 g/mol. The predicted octanol–water partition coefficient (Wildman–Crippen LogP) is 3.81. The molecule has 8 heteroatoms. The number of imide groups is 1. The van der Waals surface area contributed by atoms with Gasteiger partial charge in [0.2, 0.25) is 5.91 Å². The second-order valence-electron chi connectivity index (χ2n) is 8.27. The molecule has 1 heterocycles. The Bertz CT molecular complexity index is 1270. The molecule has 0 saturated carbocycles. The van der Waals surface area contributed by atoms with Gasteiger partial charge < -0.3 is 15.4 Å². The third-order valence-electron chi connectivity index (χ3n) is 5.75. The molecule has 0 bridgehead atoms. The Hall–Kier alpha value is -4.20. The van der Waals surface area contributed by atoms with Crippen molar-refractivity contribution in [3.8, 4) is 0 Å². The average molecular weight is 460 g/mol. The number of amides is 4. The van der Waals surface area contributed by atoms with E-state index in [1.165, 1.54) is 12.1 Å². The second-order valence-corrected chi connectivity index (χ2v) is 8.27. The molecule has 4 rings (SSSR count). The molecule has 8 nitrogen and oxygen atoms in total. The molecule has 1 unspecified atom stereocenters. The van der Waals surface area contributed by atoms with Crippen molar-refractivity contribution in [2.24, 2.45) is 0 Å². The lowest BCUT2D eigenvalue weighted by Crippen LogP contribution is -2.42. The first-order valence-corrected chi connectivity index (χ1v) is 11.0. The van der Waals surface area contributed by atoms with Gasteiger partial charge in [-0.05, 0) is 60.0 Å². The van der Waals surface area contributed by atoms with E-state index in [1.54, 1.807) is 25.1 Å². The molecule has 4 amide bonds. The van der Waals surface area contributed by atoms with Gasteiger partial charge in [-0.3, -0.25) is 14.5 Å². The van der Waals surface area contributed by atoms with E-state index in [4.69, 9.17) is 4.74 Å². The summed E-state index contributed by atoms with van der Waals surface area (Å²) < 4.78 is 5.08. The highest BCUT2D eigenvalue weighted by Gasteiger charge is 2.49. The van der Waals surface area contributed by atoms with Crippen LogP contribution in [0.1, 0.15) is 36.2 Å². The van der Waals surface area contributed by atoms with E-state index < -0.39 is 35.9 Å². The van der Waals surface area contributed by atoms with E-state index in [2.05, 4.69) is 10.6 Å². The fourth-order valence-electron chi connectivity index (χ4n) is 3.85. The van der Waals surface area contributed by atoms with Crippen molar-refractivity contribution in [3.05, 3.63) is 77.9 Å². The molecule has 1 fully saturated rings. The van der Waals surface area contributed by atoms with Crippen molar-refractivity contribution in [3.63, 3.8) is 0 Å². The van der Waals surface area contributed by atoms with Crippen LogP contribution in [0.15, 0.2) is 66.7 Å². The van der Waals surface area contributed by atoms with Crippen LogP contribution < -0.4 is 10.6 Å². The van der Waals surface area contributed by atoms with Crippen LogP contribution in [0.25, 0.3) is 10.8 Å². The number of anilines is 1. The number of carbonyl (C=O) groups excluding carboxylic acids is 4. The zero-order valence-corrected chi connectivity index (χ0v) is 19.0. The summed E-state index contributed by atoms with van der Waals surface area (Å²) in [6, 6.07) is 18.9. The zero-order valence-electron chi connectivity index (χ0n) is 19.0. The van der Waals surface area contributed by atoms with Gasteiger partial charge in [0.1, 0.15) is 12.1 Å². The van der Waals surface area contributed by atoms with Crippen LogP contribution >= 0.6 is 0 Å². The van der Waals surface area contributed by atoms with Crippen LogP contribution in [0.2, 0.25) is 0 Å². The number of hydrogen-bond acceptors (Lipinski definition) is 5. The maximum absolute atomic E-state index is 13.2. The molecule has 0 aliphatic carbocycles. The minimum atomic E-state index is -1.28. The molecule has 3 aromatic carbocycles. The SMILES string of the molecule is CCCOC(=O)c1ccc(NC(=O)CN2C(=O)NC(C)(c3ccc4ccccc4c3)C2=O)cc1. The van der Waals surface area contributed by atoms with Gasteiger partial charge in [0.25, 0.3) is 5.91 Å². The Balaban J connectivity index is 1.43. The number of carbonyl (C=O) groups is 4. The first-order valence-electron chi connectivity index (χ1n) is 11.0. The molecule has 2 N–H and O–H groups in total. The lowest BCUT2D eigenvalue weighted by Gasteiger charge is -2.22. The third-order valence-corrected chi connectivity index (χ3v) is 5.75. The Morgan fingerprint density at radius 3 is 2.41 bits per heavy atom. The quantitative estimate of drug-likeness (QED) is 0.413. The Morgan fingerprint density at radius 1 is 1.00 bits per heavy atom. The molecular weight excluding hydrogens is 434 g/mol. The smallest absolute Gasteiger partial charge is 0.338 e. The van der Waals surface area contributed by atoms with Crippen LogP contribution in [0.3, 0.4) is 0 Å². The van der Waals surface area contributed by atoms with Gasteiger partial charge in [-0.2, -0.15) is 0 Å². The van der Waals surface area contributed by atoms with E-state index >= 15 is 0 Å². The number of fused-ring (bicyclic) bond motifs is 1. The summed E-state index contributed by atoms with van der Waals surface area (Å²) in [6.07, 6.45) is 0.725. The van der Waals surface area contributed by atoms with E-state index in [0.29, 0.717) is 23.4 Å². The minimum absolute atomic E-state index is 0.335. The van der Waals surface area contributed by atoms with Gasteiger partial charge in [-0.1, -0.05) is 43.3 Å². The van der Waals surface area contributed by atoms with Crippen molar-refractivity contribution in [2.75, 3.05) is 18.5 Å².